The van der Waals surface area contributed by atoms with Gasteiger partial charge < -0.3 is 5.11 Å². The van der Waals surface area contributed by atoms with Crippen LogP contribution in [0.1, 0.15) is 30.7 Å². The molecule has 1 N–H and O–H groups in total. The lowest BCUT2D eigenvalue weighted by atomic mass is 10.2. The fourth-order valence-corrected chi connectivity index (χ4v) is 1.75. The van der Waals surface area contributed by atoms with Gasteiger partial charge in [-0.1, -0.05) is 6.08 Å². The van der Waals surface area contributed by atoms with Crippen molar-refractivity contribution in [2.45, 2.75) is 26.2 Å². The molecule has 3 nitrogen and oxygen atoms in total. The number of halogens is 1. The number of aliphatic hydroxyl groups is 1. The van der Waals surface area contributed by atoms with E-state index in [9.17, 15) is 0 Å². The molecule has 1 aromatic rings. The number of unbranched alkanes of at least 4 members (excludes halogenated alkanes) is 2. The van der Waals surface area contributed by atoms with E-state index < -0.39 is 0 Å². The van der Waals surface area contributed by atoms with E-state index in [0.717, 1.165) is 35.1 Å². The van der Waals surface area contributed by atoms with Gasteiger partial charge in [0, 0.05) is 19.3 Å². The van der Waals surface area contributed by atoms with Crippen molar-refractivity contribution in [2.24, 2.45) is 7.05 Å². The van der Waals surface area contributed by atoms with Gasteiger partial charge in [0.15, 0.2) is 0 Å². The maximum Gasteiger partial charge on any atom is 0.0992 e. The first-order valence-electron chi connectivity index (χ1n) is 5.13. The molecule has 0 saturated heterocycles. The van der Waals surface area contributed by atoms with Gasteiger partial charge in [-0.25, -0.2) is 0 Å². The number of nitrogens with zero attached hydrogens (tertiary/aromatic N) is 2. The molecule has 0 aromatic carbocycles. The molecule has 0 atom stereocenters. The van der Waals surface area contributed by atoms with Gasteiger partial charge in [-0.15, -0.1) is 0 Å². The SMILES string of the molecule is Cc1c(Br)c(/C=C/CCCCO)nn1C. The zero-order valence-electron chi connectivity index (χ0n) is 9.20. The summed E-state index contributed by atoms with van der Waals surface area (Å²) in [5.41, 5.74) is 2.10. The highest BCUT2D eigenvalue weighted by atomic mass is 79.9. The first-order valence-corrected chi connectivity index (χ1v) is 5.92. The molecule has 0 aliphatic heterocycles. The van der Waals surface area contributed by atoms with Crippen LogP contribution in [0.3, 0.4) is 0 Å². The van der Waals surface area contributed by atoms with Crippen LogP contribution in [0.5, 0.6) is 0 Å². The maximum atomic E-state index is 8.62. The summed E-state index contributed by atoms with van der Waals surface area (Å²) in [5, 5.41) is 13.0. The number of rotatable bonds is 5. The van der Waals surface area contributed by atoms with Gasteiger partial charge in [0.2, 0.25) is 0 Å². The minimum atomic E-state index is 0.278. The highest BCUT2D eigenvalue weighted by Gasteiger charge is 2.06. The third-order valence-corrected chi connectivity index (χ3v) is 3.32. The first kappa shape index (κ1) is 12.5. The quantitative estimate of drug-likeness (QED) is 0.837. The second kappa shape index (κ2) is 6.08. The van der Waals surface area contributed by atoms with E-state index in [1.54, 1.807) is 0 Å². The molecule has 1 aromatic heterocycles. The molecule has 15 heavy (non-hydrogen) atoms. The van der Waals surface area contributed by atoms with Crippen molar-refractivity contribution < 1.29 is 5.11 Å². The third-order valence-electron chi connectivity index (χ3n) is 2.34. The van der Waals surface area contributed by atoms with Crippen molar-refractivity contribution in [3.05, 3.63) is 21.9 Å². The minimum Gasteiger partial charge on any atom is -0.396 e. The molecule has 0 radical (unpaired) electrons. The van der Waals surface area contributed by atoms with Gasteiger partial charge in [-0.05, 0) is 48.2 Å². The molecule has 0 aliphatic carbocycles. The van der Waals surface area contributed by atoms with Gasteiger partial charge in [-0.3, -0.25) is 4.68 Å². The molecule has 0 saturated carbocycles. The normalized spacial score (nSPS) is 11.5. The average molecular weight is 273 g/mol. The third kappa shape index (κ3) is 3.47. The topological polar surface area (TPSA) is 38.1 Å². The summed E-state index contributed by atoms with van der Waals surface area (Å²) in [5.74, 6) is 0. The van der Waals surface area contributed by atoms with Gasteiger partial charge >= 0.3 is 0 Å². The summed E-state index contributed by atoms with van der Waals surface area (Å²) in [7, 11) is 1.93. The Bertz CT molecular complexity index is 345. The maximum absolute atomic E-state index is 8.62. The highest BCUT2D eigenvalue weighted by molar-refractivity contribution is 9.10. The highest BCUT2D eigenvalue weighted by Crippen LogP contribution is 2.21. The van der Waals surface area contributed by atoms with E-state index in [2.05, 4.69) is 27.1 Å². The second-order valence-corrected chi connectivity index (χ2v) is 4.32. The van der Waals surface area contributed by atoms with E-state index in [0.29, 0.717) is 0 Å². The standard InChI is InChI=1S/C11H17BrN2O/c1-9-11(12)10(13-14(9)2)7-5-3-4-6-8-15/h5,7,15H,3-4,6,8H2,1-2H3/b7-5+. The number of aryl methyl sites for hydroxylation is 1. The number of aliphatic hydroxyl groups excluding tert-OH is 1. The predicted octanol–water partition coefficient (Wildman–Crippen LogP) is 2.67. The number of hydrogen-bond donors (Lipinski definition) is 1. The van der Waals surface area contributed by atoms with Crippen LogP contribution in [0.25, 0.3) is 6.08 Å². The van der Waals surface area contributed by atoms with Crippen LogP contribution in [0.15, 0.2) is 10.5 Å². The molecular weight excluding hydrogens is 256 g/mol. The Balaban J connectivity index is 2.53. The summed E-state index contributed by atoms with van der Waals surface area (Å²) in [6.45, 7) is 2.31. The summed E-state index contributed by atoms with van der Waals surface area (Å²) in [6, 6.07) is 0. The molecule has 1 heterocycles. The Morgan fingerprint density at radius 3 is 2.73 bits per heavy atom. The van der Waals surface area contributed by atoms with Crippen LogP contribution in [0.2, 0.25) is 0 Å². The van der Waals surface area contributed by atoms with Crippen LogP contribution >= 0.6 is 15.9 Å². The summed E-state index contributed by atoms with van der Waals surface area (Å²) >= 11 is 3.51. The summed E-state index contributed by atoms with van der Waals surface area (Å²) < 4.78 is 2.92. The van der Waals surface area contributed by atoms with Gasteiger partial charge in [-0.2, -0.15) is 5.10 Å². The largest absolute Gasteiger partial charge is 0.396 e. The lowest BCUT2D eigenvalue weighted by Crippen LogP contribution is -1.92. The summed E-state index contributed by atoms with van der Waals surface area (Å²) in [4.78, 5) is 0. The minimum absolute atomic E-state index is 0.278. The van der Waals surface area contributed by atoms with E-state index in [1.165, 1.54) is 0 Å². The first-order chi connectivity index (χ1) is 7.16. The van der Waals surface area contributed by atoms with Crippen LogP contribution in [-0.2, 0) is 7.05 Å². The molecule has 0 fully saturated rings. The molecule has 0 spiro atoms. The Morgan fingerprint density at radius 2 is 2.20 bits per heavy atom. The zero-order valence-corrected chi connectivity index (χ0v) is 10.8. The lowest BCUT2D eigenvalue weighted by molar-refractivity contribution is 0.285. The smallest absolute Gasteiger partial charge is 0.0992 e. The van der Waals surface area contributed by atoms with Crippen molar-refractivity contribution in [3.63, 3.8) is 0 Å². The number of allylic oxidation sites excluding steroid dienone is 1. The molecule has 0 aliphatic rings. The van der Waals surface area contributed by atoms with E-state index in [4.69, 9.17) is 5.11 Å². The van der Waals surface area contributed by atoms with Crippen molar-refractivity contribution in [1.29, 1.82) is 0 Å². The Hall–Kier alpha value is -0.610. The van der Waals surface area contributed by atoms with Gasteiger partial charge in [0.05, 0.1) is 10.2 Å². The number of hydrogen-bond acceptors (Lipinski definition) is 2. The lowest BCUT2D eigenvalue weighted by Gasteiger charge is -1.91. The Morgan fingerprint density at radius 1 is 1.47 bits per heavy atom. The molecule has 0 amide bonds. The van der Waals surface area contributed by atoms with E-state index in [-0.39, 0.29) is 6.61 Å². The Kier molecular flexibility index (Phi) is 5.05. The molecule has 4 heteroatoms. The van der Waals surface area contributed by atoms with Gasteiger partial charge in [0.25, 0.3) is 0 Å². The van der Waals surface area contributed by atoms with E-state index >= 15 is 0 Å². The second-order valence-electron chi connectivity index (χ2n) is 3.53. The summed E-state index contributed by atoms with van der Waals surface area (Å²) in [6.07, 6.45) is 7.00. The molecule has 0 bridgehead atoms. The molecule has 0 unspecified atom stereocenters. The number of aromatic nitrogens is 2. The Labute approximate surface area is 98.9 Å². The molecule has 1 rings (SSSR count). The van der Waals surface area contributed by atoms with Gasteiger partial charge in [0.1, 0.15) is 0 Å². The van der Waals surface area contributed by atoms with Crippen molar-refractivity contribution in [3.8, 4) is 0 Å². The fraction of sp³-hybridized carbons (Fsp3) is 0.545. The van der Waals surface area contributed by atoms with E-state index in [1.807, 2.05) is 24.7 Å². The molecule has 84 valence electrons. The van der Waals surface area contributed by atoms with Crippen LogP contribution in [0, 0.1) is 6.92 Å². The van der Waals surface area contributed by atoms with Crippen LogP contribution in [-0.4, -0.2) is 21.5 Å². The van der Waals surface area contributed by atoms with Crippen molar-refractivity contribution in [1.82, 2.24) is 9.78 Å². The van der Waals surface area contributed by atoms with Crippen molar-refractivity contribution >= 4 is 22.0 Å². The monoisotopic (exact) mass is 272 g/mol. The zero-order chi connectivity index (χ0) is 11.3. The molecular formula is C11H17BrN2O. The van der Waals surface area contributed by atoms with Crippen molar-refractivity contribution in [2.75, 3.05) is 6.61 Å². The fourth-order valence-electron chi connectivity index (χ4n) is 1.28. The van der Waals surface area contributed by atoms with Crippen LogP contribution in [0.4, 0.5) is 0 Å². The predicted molar refractivity (Wildman–Crippen MR) is 65.6 cm³/mol. The van der Waals surface area contributed by atoms with Crippen LogP contribution < -0.4 is 0 Å². The average Bonchev–Trinajstić information content (AvgIpc) is 2.46.